The molecule has 0 bridgehead atoms. The van der Waals surface area contributed by atoms with Crippen LogP contribution in [-0.2, 0) is 4.79 Å². The number of rotatable bonds is 4. The molecule has 5 aromatic rings. The molecule has 6 heteroatoms. The van der Waals surface area contributed by atoms with E-state index in [2.05, 4.69) is 5.32 Å². The maximum Gasteiger partial charge on any atom is 0.234 e. The Hall–Kier alpha value is -3.38. The van der Waals surface area contributed by atoms with Crippen LogP contribution in [0.3, 0.4) is 0 Å². The van der Waals surface area contributed by atoms with E-state index in [9.17, 15) is 4.79 Å². The number of benzene rings is 3. The lowest BCUT2D eigenvalue weighted by Gasteiger charge is -2.11. The van der Waals surface area contributed by atoms with Crippen molar-refractivity contribution in [2.75, 3.05) is 11.1 Å². The molecule has 0 radical (unpaired) electrons. The Morgan fingerprint density at radius 2 is 1.70 bits per heavy atom. The molecule has 1 amide bonds. The van der Waals surface area contributed by atoms with Gasteiger partial charge in [-0.1, -0.05) is 48.2 Å². The first-order chi connectivity index (χ1) is 14.6. The van der Waals surface area contributed by atoms with Crippen LogP contribution in [0.2, 0.25) is 0 Å². The number of fused-ring (bicyclic) bond motifs is 5. The second kappa shape index (κ2) is 7.46. The Labute approximate surface area is 178 Å². The predicted molar refractivity (Wildman–Crippen MR) is 123 cm³/mol. The number of thioether (sulfide) groups is 1. The van der Waals surface area contributed by atoms with E-state index in [-0.39, 0.29) is 11.7 Å². The number of hydrogen-bond acceptors (Lipinski definition) is 4. The Morgan fingerprint density at radius 1 is 0.933 bits per heavy atom. The van der Waals surface area contributed by atoms with Crippen LogP contribution in [-0.4, -0.2) is 26.0 Å². The standard InChI is InChI=1S/C24H20N4OS/c1-15-8-7-12-18(16(15)2)25-22(29)14-30-24-27-19-10-4-3-9-17(19)23-26-20-11-5-6-13-21(20)28(23)24/h3-13H,14H2,1-2H3,(H,25,29). The number of hydrogen-bond donors (Lipinski definition) is 1. The maximum atomic E-state index is 12.7. The van der Waals surface area contributed by atoms with Gasteiger partial charge in [0, 0.05) is 11.1 Å². The third-order valence-corrected chi connectivity index (χ3v) is 6.26. The number of aryl methyl sites for hydroxylation is 1. The first kappa shape index (κ1) is 18.6. The van der Waals surface area contributed by atoms with Gasteiger partial charge in [-0.3, -0.25) is 9.20 Å². The van der Waals surface area contributed by atoms with E-state index in [1.807, 2.05) is 85.0 Å². The Morgan fingerprint density at radius 3 is 2.57 bits per heavy atom. The number of carbonyl (C=O) groups excluding carboxylic acids is 1. The molecule has 148 valence electrons. The Kier molecular flexibility index (Phi) is 4.64. The predicted octanol–water partition coefficient (Wildman–Crippen LogP) is 5.38. The molecule has 30 heavy (non-hydrogen) atoms. The number of imidazole rings is 1. The highest BCUT2D eigenvalue weighted by Crippen LogP contribution is 2.29. The minimum absolute atomic E-state index is 0.0544. The van der Waals surface area contributed by atoms with Crippen LogP contribution in [0, 0.1) is 13.8 Å². The number of amides is 1. The zero-order valence-corrected chi connectivity index (χ0v) is 17.5. The van der Waals surface area contributed by atoms with Gasteiger partial charge in [-0.05, 0) is 55.3 Å². The summed E-state index contributed by atoms with van der Waals surface area (Å²) in [5.74, 6) is 0.210. The fourth-order valence-electron chi connectivity index (χ4n) is 3.61. The molecule has 0 aliphatic heterocycles. The normalized spacial score (nSPS) is 11.4. The van der Waals surface area contributed by atoms with Crippen LogP contribution in [0.5, 0.6) is 0 Å². The summed E-state index contributed by atoms with van der Waals surface area (Å²) in [7, 11) is 0. The van der Waals surface area contributed by atoms with Crippen LogP contribution < -0.4 is 5.32 Å². The quantitative estimate of drug-likeness (QED) is 0.318. The van der Waals surface area contributed by atoms with Gasteiger partial charge in [0.05, 0.1) is 22.3 Å². The maximum absolute atomic E-state index is 12.7. The van der Waals surface area contributed by atoms with Gasteiger partial charge in [-0.15, -0.1) is 0 Å². The first-order valence-electron chi connectivity index (χ1n) is 9.76. The molecule has 0 saturated carbocycles. The van der Waals surface area contributed by atoms with Gasteiger partial charge in [0.1, 0.15) is 5.65 Å². The Bertz CT molecular complexity index is 1420. The van der Waals surface area contributed by atoms with Gasteiger partial charge in [0.25, 0.3) is 0 Å². The summed E-state index contributed by atoms with van der Waals surface area (Å²) in [5, 5.41) is 4.78. The molecule has 3 aromatic carbocycles. The molecular weight excluding hydrogens is 392 g/mol. The molecule has 5 nitrogen and oxygen atoms in total. The van der Waals surface area contributed by atoms with Crippen molar-refractivity contribution in [3.05, 3.63) is 77.9 Å². The fraction of sp³-hybridized carbons (Fsp3) is 0.125. The summed E-state index contributed by atoms with van der Waals surface area (Å²) in [6.07, 6.45) is 0. The number of nitrogens with one attached hydrogen (secondary N) is 1. The van der Waals surface area contributed by atoms with Crippen LogP contribution in [0.15, 0.2) is 71.9 Å². The van der Waals surface area contributed by atoms with Crippen molar-refractivity contribution >= 4 is 50.9 Å². The number of para-hydroxylation sites is 3. The molecular formula is C24H20N4OS. The molecule has 0 spiro atoms. The van der Waals surface area contributed by atoms with Crippen molar-refractivity contribution in [3.8, 4) is 0 Å². The largest absolute Gasteiger partial charge is 0.325 e. The molecule has 0 saturated heterocycles. The van der Waals surface area contributed by atoms with E-state index in [4.69, 9.17) is 9.97 Å². The van der Waals surface area contributed by atoms with Crippen molar-refractivity contribution in [2.24, 2.45) is 0 Å². The van der Waals surface area contributed by atoms with E-state index in [1.54, 1.807) is 0 Å². The van der Waals surface area contributed by atoms with E-state index in [0.717, 1.165) is 49.6 Å². The first-order valence-corrected chi connectivity index (χ1v) is 10.8. The summed E-state index contributed by atoms with van der Waals surface area (Å²) in [4.78, 5) is 22.3. The van der Waals surface area contributed by atoms with Crippen LogP contribution >= 0.6 is 11.8 Å². The second-order valence-electron chi connectivity index (χ2n) is 7.26. The second-order valence-corrected chi connectivity index (χ2v) is 8.20. The van der Waals surface area contributed by atoms with Crippen molar-refractivity contribution < 1.29 is 4.79 Å². The summed E-state index contributed by atoms with van der Waals surface area (Å²) in [5.41, 5.74) is 6.73. The van der Waals surface area contributed by atoms with Crippen molar-refractivity contribution in [1.29, 1.82) is 0 Å². The smallest absolute Gasteiger partial charge is 0.234 e. The van der Waals surface area contributed by atoms with Gasteiger partial charge < -0.3 is 5.32 Å². The van der Waals surface area contributed by atoms with E-state index < -0.39 is 0 Å². The number of aromatic nitrogens is 3. The molecule has 0 fully saturated rings. The van der Waals surface area contributed by atoms with Crippen molar-refractivity contribution in [1.82, 2.24) is 14.4 Å². The minimum atomic E-state index is -0.0544. The van der Waals surface area contributed by atoms with E-state index in [1.165, 1.54) is 11.8 Å². The van der Waals surface area contributed by atoms with E-state index in [0.29, 0.717) is 0 Å². The topological polar surface area (TPSA) is 59.3 Å². The monoisotopic (exact) mass is 412 g/mol. The highest BCUT2D eigenvalue weighted by atomic mass is 32.2. The lowest BCUT2D eigenvalue weighted by Crippen LogP contribution is -2.15. The summed E-state index contributed by atoms with van der Waals surface area (Å²) >= 11 is 1.42. The highest BCUT2D eigenvalue weighted by Gasteiger charge is 2.15. The molecule has 0 atom stereocenters. The molecule has 2 heterocycles. The zero-order valence-electron chi connectivity index (χ0n) is 16.7. The van der Waals surface area contributed by atoms with Gasteiger partial charge in [-0.25, -0.2) is 9.97 Å². The third-order valence-electron chi connectivity index (χ3n) is 5.32. The fourth-order valence-corrected chi connectivity index (χ4v) is 4.42. The highest BCUT2D eigenvalue weighted by molar-refractivity contribution is 7.99. The summed E-state index contributed by atoms with van der Waals surface area (Å²) < 4.78 is 2.05. The number of anilines is 1. The SMILES string of the molecule is Cc1cccc(NC(=O)CSc2nc3ccccc3c3nc4ccccc4n23)c1C. The average Bonchev–Trinajstić information content (AvgIpc) is 3.15. The van der Waals surface area contributed by atoms with Crippen molar-refractivity contribution in [3.63, 3.8) is 0 Å². The van der Waals surface area contributed by atoms with Crippen LogP contribution in [0.4, 0.5) is 5.69 Å². The molecule has 0 aliphatic rings. The summed E-state index contributed by atoms with van der Waals surface area (Å²) in [6, 6.07) is 21.9. The Balaban J connectivity index is 1.52. The third kappa shape index (κ3) is 3.19. The molecule has 0 unspecified atom stereocenters. The zero-order chi connectivity index (χ0) is 20.7. The lowest BCUT2D eigenvalue weighted by atomic mass is 10.1. The van der Waals surface area contributed by atoms with E-state index >= 15 is 0 Å². The number of nitrogens with zero attached hydrogens (tertiary/aromatic N) is 3. The molecule has 2 aromatic heterocycles. The minimum Gasteiger partial charge on any atom is -0.325 e. The molecule has 5 rings (SSSR count). The average molecular weight is 413 g/mol. The van der Waals surface area contributed by atoms with Crippen molar-refractivity contribution in [2.45, 2.75) is 19.0 Å². The van der Waals surface area contributed by atoms with Gasteiger partial charge in [-0.2, -0.15) is 0 Å². The van der Waals surface area contributed by atoms with Gasteiger partial charge in [0.2, 0.25) is 5.91 Å². The van der Waals surface area contributed by atoms with Gasteiger partial charge in [0.15, 0.2) is 5.16 Å². The van der Waals surface area contributed by atoms with Crippen LogP contribution in [0.1, 0.15) is 11.1 Å². The number of carbonyl (C=O) groups is 1. The summed E-state index contributed by atoms with van der Waals surface area (Å²) in [6.45, 7) is 4.06. The lowest BCUT2D eigenvalue weighted by molar-refractivity contribution is -0.113. The van der Waals surface area contributed by atoms with Crippen LogP contribution in [0.25, 0.3) is 27.6 Å². The molecule has 0 aliphatic carbocycles. The molecule has 1 N–H and O–H groups in total. The van der Waals surface area contributed by atoms with Gasteiger partial charge >= 0.3 is 0 Å².